The number of nitrogens with one attached hydrogen (secondary N) is 2. The van der Waals surface area contributed by atoms with Crippen molar-refractivity contribution in [2.24, 2.45) is 0 Å². The molecule has 2 aliphatic rings. The number of carbonyl (C=O) groups is 2. The molecule has 5 rings (SSSR count). The van der Waals surface area contributed by atoms with Gasteiger partial charge in [-0.05, 0) is 44.2 Å². The second-order valence-electron chi connectivity index (χ2n) is 8.31. The summed E-state index contributed by atoms with van der Waals surface area (Å²) in [5.74, 6) is -0.649. The molecule has 0 spiro atoms. The molecule has 0 atom stereocenters. The number of pyridine rings is 1. The highest BCUT2D eigenvalue weighted by molar-refractivity contribution is 7.13. The van der Waals surface area contributed by atoms with E-state index in [4.69, 9.17) is 4.74 Å². The lowest BCUT2D eigenvalue weighted by Crippen LogP contribution is -2.27. The Hall–Kier alpha value is -3.11. The van der Waals surface area contributed by atoms with Gasteiger partial charge >= 0.3 is 0 Å². The van der Waals surface area contributed by atoms with Crippen LogP contribution in [0.25, 0.3) is 10.6 Å². The number of fused-ring (bicyclic) bond motifs is 6. The Balaban J connectivity index is 1.46. The van der Waals surface area contributed by atoms with Gasteiger partial charge < -0.3 is 15.4 Å². The van der Waals surface area contributed by atoms with E-state index < -0.39 is 0 Å². The standard InChI is InChI=1S/C23H26N6O3S/c30-21-19-14-33-23(27-19)15-5-9-24-16(12-15)4-2-1-3-8-25-22(31)20-18(26-21)13-29(28-20)17-6-10-32-11-7-17/h5,9,12-14,17H,1-4,6-8,10-11H2,(H,25,31)(H,26,30). The van der Waals surface area contributed by atoms with Crippen LogP contribution >= 0.6 is 11.3 Å². The first kappa shape index (κ1) is 21.7. The van der Waals surface area contributed by atoms with Crippen molar-refractivity contribution in [2.45, 2.75) is 44.6 Å². The predicted molar refractivity (Wildman–Crippen MR) is 125 cm³/mol. The molecule has 33 heavy (non-hydrogen) atoms. The molecule has 9 nitrogen and oxygen atoms in total. The molecule has 0 aromatic carbocycles. The van der Waals surface area contributed by atoms with Gasteiger partial charge in [0.2, 0.25) is 0 Å². The van der Waals surface area contributed by atoms with Crippen LogP contribution in [-0.4, -0.2) is 51.3 Å². The lowest BCUT2D eigenvalue weighted by Gasteiger charge is -2.22. The van der Waals surface area contributed by atoms with E-state index in [2.05, 4.69) is 25.7 Å². The maximum absolute atomic E-state index is 13.0. The maximum atomic E-state index is 13.0. The van der Waals surface area contributed by atoms with Crippen LogP contribution in [0, 0.1) is 0 Å². The molecule has 1 saturated heterocycles. The molecule has 2 N–H and O–H groups in total. The van der Waals surface area contributed by atoms with Crippen LogP contribution in [0.15, 0.2) is 29.9 Å². The second kappa shape index (κ2) is 9.80. The zero-order valence-corrected chi connectivity index (χ0v) is 19.1. The van der Waals surface area contributed by atoms with Crippen LogP contribution in [0.1, 0.15) is 64.8 Å². The fraction of sp³-hybridized carbons (Fsp3) is 0.435. The largest absolute Gasteiger partial charge is 0.381 e. The van der Waals surface area contributed by atoms with E-state index in [9.17, 15) is 9.59 Å². The summed E-state index contributed by atoms with van der Waals surface area (Å²) in [5, 5.41) is 12.9. The van der Waals surface area contributed by atoms with Crippen LogP contribution in [0.3, 0.4) is 0 Å². The van der Waals surface area contributed by atoms with Crippen molar-refractivity contribution < 1.29 is 14.3 Å². The molecule has 1 fully saturated rings. The molecule has 2 amide bonds. The van der Waals surface area contributed by atoms with Gasteiger partial charge in [0.05, 0.1) is 11.7 Å². The zero-order chi connectivity index (χ0) is 22.6. The van der Waals surface area contributed by atoms with Gasteiger partial charge in [0.25, 0.3) is 11.8 Å². The summed E-state index contributed by atoms with van der Waals surface area (Å²) in [6.45, 7) is 1.87. The fourth-order valence-corrected chi connectivity index (χ4v) is 4.92. The quantitative estimate of drug-likeness (QED) is 0.568. The third-order valence-electron chi connectivity index (χ3n) is 5.96. The average Bonchev–Trinajstić information content (AvgIpc) is 3.49. The van der Waals surface area contributed by atoms with E-state index in [1.807, 2.05) is 12.1 Å². The van der Waals surface area contributed by atoms with Crippen LogP contribution in [-0.2, 0) is 11.2 Å². The number of hydrogen-bond donors (Lipinski definition) is 2. The van der Waals surface area contributed by atoms with Gasteiger partial charge in [-0.1, -0.05) is 6.42 Å². The van der Waals surface area contributed by atoms with Gasteiger partial charge in [-0.2, -0.15) is 5.10 Å². The first-order chi connectivity index (χ1) is 16.2. The molecule has 4 bridgehead atoms. The number of amides is 2. The topological polar surface area (TPSA) is 111 Å². The minimum atomic E-state index is -0.364. The third kappa shape index (κ3) is 4.96. The fourth-order valence-electron chi connectivity index (χ4n) is 4.13. The molecule has 2 aliphatic heterocycles. The summed E-state index contributed by atoms with van der Waals surface area (Å²) in [4.78, 5) is 34.9. The minimum absolute atomic E-state index is 0.139. The normalized spacial score (nSPS) is 18.2. The SMILES string of the molecule is O=C1Nc2cn(C3CCOCC3)nc2C(=O)NCCCCCc2cc(ccn2)-c2nc1cs2. The molecule has 0 unspecified atom stereocenters. The Bertz CT molecular complexity index is 1150. The average molecular weight is 467 g/mol. The number of aryl methyl sites for hydroxylation is 1. The Morgan fingerprint density at radius 1 is 1.12 bits per heavy atom. The molecule has 10 heteroatoms. The summed E-state index contributed by atoms with van der Waals surface area (Å²) < 4.78 is 7.23. The van der Waals surface area contributed by atoms with E-state index in [1.165, 1.54) is 11.3 Å². The molecule has 0 radical (unpaired) electrons. The van der Waals surface area contributed by atoms with E-state index >= 15 is 0 Å². The van der Waals surface area contributed by atoms with E-state index in [1.54, 1.807) is 22.5 Å². The number of hydrogen-bond acceptors (Lipinski definition) is 7. The van der Waals surface area contributed by atoms with Crippen molar-refractivity contribution >= 4 is 28.8 Å². The number of ether oxygens (including phenoxy) is 1. The lowest BCUT2D eigenvalue weighted by atomic mass is 10.1. The molecule has 3 aromatic heterocycles. The molecule has 0 saturated carbocycles. The Morgan fingerprint density at radius 2 is 2.00 bits per heavy atom. The summed E-state index contributed by atoms with van der Waals surface area (Å²) in [6.07, 6.45) is 8.87. The lowest BCUT2D eigenvalue weighted by molar-refractivity contribution is 0.0660. The predicted octanol–water partition coefficient (Wildman–Crippen LogP) is 3.46. The van der Waals surface area contributed by atoms with Gasteiger partial charge in [-0.25, -0.2) is 4.98 Å². The highest BCUT2D eigenvalue weighted by Gasteiger charge is 2.24. The van der Waals surface area contributed by atoms with Crippen molar-refractivity contribution in [3.63, 3.8) is 0 Å². The highest BCUT2D eigenvalue weighted by Crippen LogP contribution is 2.27. The monoisotopic (exact) mass is 466 g/mol. The minimum Gasteiger partial charge on any atom is -0.381 e. The second-order valence-corrected chi connectivity index (χ2v) is 9.17. The number of anilines is 1. The number of nitrogens with zero attached hydrogens (tertiary/aromatic N) is 4. The van der Waals surface area contributed by atoms with Crippen LogP contribution in [0.2, 0.25) is 0 Å². The van der Waals surface area contributed by atoms with Gasteiger partial charge in [0, 0.05) is 48.8 Å². The van der Waals surface area contributed by atoms with Crippen LogP contribution in [0.4, 0.5) is 5.69 Å². The summed E-state index contributed by atoms with van der Waals surface area (Å²) in [5.41, 5.74) is 2.89. The summed E-state index contributed by atoms with van der Waals surface area (Å²) in [6, 6.07) is 4.09. The van der Waals surface area contributed by atoms with Crippen LogP contribution < -0.4 is 10.6 Å². The Labute approximate surface area is 195 Å². The Morgan fingerprint density at radius 3 is 2.88 bits per heavy atom. The van der Waals surface area contributed by atoms with Gasteiger partial charge in [-0.15, -0.1) is 11.3 Å². The molecule has 3 aromatic rings. The zero-order valence-electron chi connectivity index (χ0n) is 18.2. The number of carbonyl (C=O) groups excluding carboxylic acids is 2. The smallest absolute Gasteiger partial charge is 0.275 e. The van der Waals surface area contributed by atoms with Gasteiger partial charge in [0.15, 0.2) is 5.69 Å². The number of thiazole rings is 1. The number of rotatable bonds is 1. The Kier molecular flexibility index (Phi) is 6.45. The van der Waals surface area contributed by atoms with Crippen molar-refractivity contribution in [3.05, 3.63) is 47.0 Å². The van der Waals surface area contributed by atoms with Crippen molar-refractivity contribution in [3.8, 4) is 10.6 Å². The molecule has 0 aliphatic carbocycles. The molecular weight excluding hydrogens is 440 g/mol. The van der Waals surface area contributed by atoms with Gasteiger partial charge in [-0.3, -0.25) is 19.3 Å². The van der Waals surface area contributed by atoms with Crippen molar-refractivity contribution in [2.75, 3.05) is 25.1 Å². The van der Waals surface area contributed by atoms with E-state index in [-0.39, 0.29) is 23.6 Å². The van der Waals surface area contributed by atoms with E-state index in [0.29, 0.717) is 31.1 Å². The van der Waals surface area contributed by atoms with Gasteiger partial charge in [0.1, 0.15) is 10.7 Å². The third-order valence-corrected chi connectivity index (χ3v) is 6.85. The van der Waals surface area contributed by atoms with Crippen molar-refractivity contribution in [1.29, 1.82) is 0 Å². The molecule has 172 valence electrons. The summed E-state index contributed by atoms with van der Waals surface area (Å²) >= 11 is 1.41. The maximum Gasteiger partial charge on any atom is 0.275 e. The highest BCUT2D eigenvalue weighted by atomic mass is 32.1. The van der Waals surface area contributed by atoms with E-state index in [0.717, 1.165) is 54.8 Å². The molecular formula is C23H26N6O3S. The summed E-state index contributed by atoms with van der Waals surface area (Å²) in [7, 11) is 0. The molecule has 5 heterocycles. The first-order valence-electron chi connectivity index (χ1n) is 11.3. The van der Waals surface area contributed by atoms with Crippen molar-refractivity contribution in [1.82, 2.24) is 25.1 Å². The van der Waals surface area contributed by atoms with Crippen LogP contribution in [0.5, 0.6) is 0 Å². The first-order valence-corrected chi connectivity index (χ1v) is 12.2. The number of aromatic nitrogens is 4.